The second kappa shape index (κ2) is 65.5. The highest BCUT2D eigenvalue weighted by molar-refractivity contribution is 5.71. The zero-order chi connectivity index (χ0) is 60.5. The van der Waals surface area contributed by atoms with Crippen LogP contribution < -0.4 is 0 Å². The normalized spacial score (nSPS) is 12.8. The van der Waals surface area contributed by atoms with E-state index in [-0.39, 0.29) is 38.2 Å². The van der Waals surface area contributed by atoms with E-state index in [4.69, 9.17) is 18.9 Å². The van der Waals surface area contributed by atoms with Crippen molar-refractivity contribution in [1.82, 2.24) is 0 Å². The number of carbonyl (C=O) groups excluding carboxylic acids is 2. The van der Waals surface area contributed by atoms with Gasteiger partial charge in [-0.15, -0.1) is 0 Å². The Kier molecular flexibility index (Phi) is 63.5. The zero-order valence-electron chi connectivity index (χ0n) is 55.9. The lowest BCUT2D eigenvalue weighted by atomic mass is 10.0. The van der Waals surface area contributed by atoms with E-state index in [1.165, 1.54) is 289 Å². The van der Waals surface area contributed by atoms with E-state index < -0.39 is 18.4 Å². The van der Waals surface area contributed by atoms with Crippen LogP contribution in [0.4, 0.5) is 0 Å². The largest absolute Gasteiger partial charge is 0.477 e. The monoisotopic (exact) mass is 1170 g/mol. The zero-order valence-corrected chi connectivity index (χ0v) is 55.9. The number of carboxylic acid groups (broad SMARTS) is 1. The Morgan fingerprint density at radius 2 is 0.651 bits per heavy atom. The third kappa shape index (κ3) is 66.9. The van der Waals surface area contributed by atoms with Gasteiger partial charge in [-0.25, -0.2) is 4.79 Å². The maximum absolute atomic E-state index is 12.9. The highest BCUT2D eigenvalue weighted by Crippen LogP contribution is 2.19. The second-order valence-electron chi connectivity index (χ2n) is 25.9. The molecule has 9 heteroatoms. The molecule has 0 aliphatic heterocycles. The summed E-state index contributed by atoms with van der Waals surface area (Å²) in [6, 6.07) is 0. The number of quaternary nitrogens is 1. The fraction of sp³-hybridized carbons (Fsp3) is 0.878. The van der Waals surface area contributed by atoms with Gasteiger partial charge < -0.3 is 28.5 Å². The minimum atomic E-state index is -1.51. The molecule has 0 aliphatic rings. The third-order valence-electron chi connectivity index (χ3n) is 16.4. The minimum Gasteiger partial charge on any atom is -0.477 e. The Morgan fingerprint density at radius 1 is 0.361 bits per heavy atom. The van der Waals surface area contributed by atoms with Gasteiger partial charge in [0, 0.05) is 12.8 Å². The number of allylic oxidation sites excluding steroid dienone is 6. The molecule has 0 heterocycles. The topological polar surface area (TPSA) is 108 Å². The molecule has 1 N–H and O–H groups in total. The van der Waals surface area contributed by atoms with Crippen LogP contribution in [0, 0.1) is 0 Å². The van der Waals surface area contributed by atoms with Crippen molar-refractivity contribution < 1.29 is 42.9 Å². The van der Waals surface area contributed by atoms with Gasteiger partial charge in [-0.1, -0.05) is 314 Å². The van der Waals surface area contributed by atoms with Gasteiger partial charge in [-0.2, -0.15) is 0 Å². The number of rotatable bonds is 68. The number of aliphatic carboxylic acids is 1. The van der Waals surface area contributed by atoms with Gasteiger partial charge in [-0.3, -0.25) is 9.59 Å². The molecule has 0 radical (unpaired) electrons. The second-order valence-corrected chi connectivity index (χ2v) is 25.9. The Labute approximate surface area is 515 Å². The first-order valence-corrected chi connectivity index (χ1v) is 36.2. The van der Waals surface area contributed by atoms with Crippen molar-refractivity contribution in [3.05, 3.63) is 36.5 Å². The lowest BCUT2D eigenvalue weighted by molar-refractivity contribution is -0.870. The molecule has 0 bridgehead atoms. The number of esters is 2. The summed E-state index contributed by atoms with van der Waals surface area (Å²) in [6.45, 7) is 4.91. The van der Waals surface area contributed by atoms with Gasteiger partial charge in [-0.05, 0) is 70.6 Å². The highest BCUT2D eigenvalue weighted by Gasteiger charge is 2.25. The Morgan fingerprint density at radius 3 is 0.964 bits per heavy atom. The molecule has 0 aliphatic carbocycles. The van der Waals surface area contributed by atoms with Crippen molar-refractivity contribution >= 4 is 17.9 Å². The van der Waals surface area contributed by atoms with Gasteiger partial charge in [0.1, 0.15) is 13.2 Å². The molecule has 9 nitrogen and oxygen atoms in total. The number of nitrogens with zero attached hydrogens (tertiary/aromatic N) is 1. The predicted molar refractivity (Wildman–Crippen MR) is 355 cm³/mol. The van der Waals surface area contributed by atoms with Crippen LogP contribution in [0.5, 0.6) is 0 Å². The number of hydrogen-bond donors (Lipinski definition) is 1. The summed E-state index contributed by atoms with van der Waals surface area (Å²) in [4.78, 5) is 37.5. The molecule has 83 heavy (non-hydrogen) atoms. The van der Waals surface area contributed by atoms with E-state index in [0.29, 0.717) is 17.4 Å². The number of carbonyl (C=O) groups is 3. The van der Waals surface area contributed by atoms with Gasteiger partial charge in [0.2, 0.25) is 0 Å². The number of unbranched alkanes of at least 4 members (excludes halogenated alkanes) is 47. The van der Waals surface area contributed by atoms with E-state index in [1.54, 1.807) is 0 Å². The molecular weight excluding hydrogens is 1030 g/mol. The van der Waals surface area contributed by atoms with Crippen LogP contribution in [0.15, 0.2) is 36.5 Å². The fourth-order valence-corrected chi connectivity index (χ4v) is 10.8. The Balaban J connectivity index is 3.91. The van der Waals surface area contributed by atoms with E-state index in [9.17, 15) is 19.5 Å². The maximum Gasteiger partial charge on any atom is 0.361 e. The molecule has 0 fully saturated rings. The van der Waals surface area contributed by atoms with Crippen molar-refractivity contribution in [2.75, 3.05) is 47.5 Å². The maximum atomic E-state index is 12.9. The average molecular weight is 1170 g/mol. The van der Waals surface area contributed by atoms with Gasteiger partial charge >= 0.3 is 17.9 Å². The van der Waals surface area contributed by atoms with Crippen LogP contribution in [0.2, 0.25) is 0 Å². The van der Waals surface area contributed by atoms with Crippen LogP contribution >= 0.6 is 0 Å². The number of hydrogen-bond acceptors (Lipinski definition) is 7. The number of carboxylic acids is 1. The lowest BCUT2D eigenvalue weighted by Crippen LogP contribution is -2.40. The molecule has 2 atom stereocenters. The van der Waals surface area contributed by atoms with E-state index in [2.05, 4.69) is 50.3 Å². The molecule has 0 aromatic heterocycles. The average Bonchev–Trinajstić information content (AvgIpc) is 3.46. The molecule has 0 saturated heterocycles. The van der Waals surface area contributed by atoms with Crippen LogP contribution in [0.3, 0.4) is 0 Å². The van der Waals surface area contributed by atoms with E-state index in [1.807, 2.05) is 21.1 Å². The summed E-state index contributed by atoms with van der Waals surface area (Å²) in [5.74, 6) is -1.99. The van der Waals surface area contributed by atoms with Gasteiger partial charge in [0.25, 0.3) is 6.29 Å². The SMILES string of the molecule is CCCCCCC/C=C\C/C=C\CCCCCCCCCCCCCCCCCCCCCCCCCCCCCCCC(=O)OC(COC(=O)CCCCCCCCC/C=C\CCCCCCCC)COC(OCC[N+](C)(C)C)C(=O)O. The first kappa shape index (κ1) is 80.5. The highest BCUT2D eigenvalue weighted by atomic mass is 16.7. The summed E-state index contributed by atoms with van der Waals surface area (Å²) in [5.41, 5.74) is 0. The molecule has 0 rings (SSSR count). The first-order valence-electron chi connectivity index (χ1n) is 36.2. The van der Waals surface area contributed by atoms with Crippen LogP contribution in [0.1, 0.15) is 361 Å². The van der Waals surface area contributed by atoms with Crippen molar-refractivity contribution in [2.24, 2.45) is 0 Å². The Bertz CT molecular complexity index is 1450. The lowest BCUT2D eigenvalue weighted by Gasteiger charge is -2.25. The minimum absolute atomic E-state index is 0.179. The smallest absolute Gasteiger partial charge is 0.361 e. The van der Waals surface area contributed by atoms with Crippen LogP contribution in [0.25, 0.3) is 0 Å². The van der Waals surface area contributed by atoms with Crippen molar-refractivity contribution in [3.63, 3.8) is 0 Å². The molecule has 0 aromatic rings. The summed E-state index contributed by atoms with van der Waals surface area (Å²) < 4.78 is 23.0. The predicted octanol–water partition coefficient (Wildman–Crippen LogP) is 22.4. The number of likely N-dealkylation sites (N-methyl/N-ethyl adjacent to an activating group) is 1. The molecular formula is C74H140NO8+. The Hall–Kier alpha value is -2.49. The number of ether oxygens (including phenoxy) is 4. The van der Waals surface area contributed by atoms with Crippen molar-refractivity contribution in [1.29, 1.82) is 0 Å². The van der Waals surface area contributed by atoms with Crippen LogP contribution in [-0.4, -0.2) is 87.4 Å². The summed E-state index contributed by atoms with van der Waals surface area (Å²) in [7, 11) is 5.99. The van der Waals surface area contributed by atoms with Crippen LogP contribution in [-0.2, 0) is 33.3 Å². The molecule has 0 amide bonds. The summed E-state index contributed by atoms with van der Waals surface area (Å²) in [6.07, 6.45) is 80.0. The van der Waals surface area contributed by atoms with Crippen molar-refractivity contribution in [3.8, 4) is 0 Å². The molecule has 2 unspecified atom stereocenters. The van der Waals surface area contributed by atoms with Gasteiger partial charge in [0.05, 0.1) is 34.4 Å². The van der Waals surface area contributed by atoms with Gasteiger partial charge in [0.15, 0.2) is 6.10 Å². The first-order chi connectivity index (χ1) is 40.6. The third-order valence-corrected chi connectivity index (χ3v) is 16.4. The quantitative estimate of drug-likeness (QED) is 0.0211. The van der Waals surface area contributed by atoms with E-state index >= 15 is 0 Å². The standard InChI is InChI=1S/C74H139NO8/c1-6-8-10-12-14-16-18-20-22-24-25-26-27-28-29-30-31-32-33-34-35-36-37-38-39-40-41-42-43-44-45-46-47-49-51-53-55-57-59-61-63-65-72(77)83-70(69-82-74(73(78)79)80-67-66-75(3,4)5)68-81-71(76)64-62-60-58-56-54-52-50-48-23-21-19-17-15-13-11-9-7-2/h18,20-21,23-25,70,74H,6-17,19,22,26-69H2,1-5H3/p+1/b20-18-,23-21-,25-24-. The molecule has 488 valence electrons. The molecule has 0 saturated carbocycles. The summed E-state index contributed by atoms with van der Waals surface area (Å²) >= 11 is 0. The van der Waals surface area contributed by atoms with Crippen molar-refractivity contribution in [2.45, 2.75) is 373 Å². The molecule has 0 aromatic carbocycles. The summed E-state index contributed by atoms with van der Waals surface area (Å²) in [5, 5.41) is 9.73. The van der Waals surface area contributed by atoms with E-state index in [0.717, 1.165) is 44.9 Å². The molecule has 0 spiro atoms. The fourth-order valence-electron chi connectivity index (χ4n) is 10.8.